The average Bonchev–Trinajstić information content (AvgIpc) is 3.14. The maximum atomic E-state index is 12.2. The van der Waals surface area contributed by atoms with Crippen LogP contribution in [0.15, 0.2) is 18.3 Å². The second-order valence-electron chi connectivity index (χ2n) is 4.00. The van der Waals surface area contributed by atoms with E-state index in [4.69, 9.17) is 16.9 Å². The van der Waals surface area contributed by atoms with Crippen LogP contribution < -0.4 is 0 Å². The molecule has 1 aromatic heterocycles. The quantitative estimate of drug-likeness (QED) is 0.822. The maximum absolute atomic E-state index is 12.2. The van der Waals surface area contributed by atoms with Gasteiger partial charge in [-0.3, -0.25) is 4.79 Å². The molecule has 2 rings (SSSR count). The van der Waals surface area contributed by atoms with Crippen molar-refractivity contribution >= 4 is 17.5 Å². The van der Waals surface area contributed by atoms with Crippen molar-refractivity contribution in [1.29, 1.82) is 5.26 Å². The van der Waals surface area contributed by atoms with Crippen LogP contribution in [0.25, 0.3) is 0 Å². The molecule has 0 bridgehead atoms. The number of carbonyl (C=O) groups excluding carboxylic acids is 1. The standard InChI is InChI=1S/C12H12ClN3O/c13-9-2-5-11(15-8-9)12(17)16(7-1-6-14)10-3-4-10/h2,5,8,10H,1,3-4,7H2. The van der Waals surface area contributed by atoms with Gasteiger partial charge >= 0.3 is 0 Å². The van der Waals surface area contributed by atoms with Crippen LogP contribution >= 0.6 is 11.6 Å². The largest absolute Gasteiger partial charge is 0.333 e. The van der Waals surface area contributed by atoms with Crippen molar-refractivity contribution < 1.29 is 4.79 Å². The van der Waals surface area contributed by atoms with Gasteiger partial charge in [0.25, 0.3) is 5.91 Å². The Bertz CT molecular complexity index is 448. The van der Waals surface area contributed by atoms with E-state index >= 15 is 0 Å². The molecule has 0 saturated heterocycles. The first-order valence-electron chi connectivity index (χ1n) is 5.52. The van der Waals surface area contributed by atoms with E-state index in [-0.39, 0.29) is 11.9 Å². The van der Waals surface area contributed by atoms with Crippen LogP contribution in [0.1, 0.15) is 29.8 Å². The number of aromatic nitrogens is 1. The second-order valence-corrected chi connectivity index (χ2v) is 4.44. The zero-order valence-electron chi connectivity index (χ0n) is 9.27. The first-order chi connectivity index (χ1) is 8.22. The molecular weight excluding hydrogens is 238 g/mol. The highest BCUT2D eigenvalue weighted by Gasteiger charge is 2.33. The van der Waals surface area contributed by atoms with Gasteiger partial charge in [0.1, 0.15) is 5.69 Å². The van der Waals surface area contributed by atoms with Gasteiger partial charge in [0, 0.05) is 18.8 Å². The summed E-state index contributed by atoms with van der Waals surface area (Å²) >= 11 is 5.72. The summed E-state index contributed by atoms with van der Waals surface area (Å²) in [5.74, 6) is -0.112. The molecule has 0 atom stereocenters. The molecule has 1 heterocycles. The molecule has 0 unspecified atom stereocenters. The van der Waals surface area contributed by atoms with Crippen molar-refractivity contribution in [3.63, 3.8) is 0 Å². The molecule has 0 radical (unpaired) electrons. The van der Waals surface area contributed by atoms with Crippen LogP contribution in [0.4, 0.5) is 0 Å². The molecule has 88 valence electrons. The van der Waals surface area contributed by atoms with Crippen molar-refractivity contribution in [2.24, 2.45) is 0 Å². The number of rotatable bonds is 4. The number of nitrogens with zero attached hydrogens (tertiary/aromatic N) is 3. The number of hydrogen-bond donors (Lipinski definition) is 0. The minimum Gasteiger partial charge on any atom is -0.333 e. The highest BCUT2D eigenvalue weighted by atomic mass is 35.5. The van der Waals surface area contributed by atoms with Crippen LogP contribution in [0, 0.1) is 11.3 Å². The first kappa shape index (κ1) is 11.9. The van der Waals surface area contributed by atoms with Gasteiger partial charge < -0.3 is 4.90 Å². The predicted octanol–water partition coefficient (Wildman–Crippen LogP) is 2.25. The lowest BCUT2D eigenvalue weighted by Crippen LogP contribution is -2.34. The fourth-order valence-electron chi connectivity index (χ4n) is 1.66. The first-order valence-corrected chi connectivity index (χ1v) is 5.89. The monoisotopic (exact) mass is 249 g/mol. The number of pyridine rings is 1. The molecule has 4 nitrogen and oxygen atoms in total. The lowest BCUT2D eigenvalue weighted by atomic mass is 10.3. The molecule has 0 spiro atoms. The Balaban J connectivity index is 2.10. The molecule has 1 saturated carbocycles. The van der Waals surface area contributed by atoms with Crippen LogP contribution in [-0.4, -0.2) is 28.4 Å². The lowest BCUT2D eigenvalue weighted by Gasteiger charge is -2.20. The van der Waals surface area contributed by atoms with Gasteiger partial charge in [0.2, 0.25) is 0 Å². The van der Waals surface area contributed by atoms with E-state index in [1.807, 2.05) is 0 Å². The third kappa shape index (κ3) is 2.95. The summed E-state index contributed by atoms with van der Waals surface area (Å²) in [5.41, 5.74) is 0.388. The summed E-state index contributed by atoms with van der Waals surface area (Å²) in [7, 11) is 0. The summed E-state index contributed by atoms with van der Waals surface area (Å²) in [6, 6.07) is 5.61. The SMILES string of the molecule is N#CCCN(C(=O)c1ccc(Cl)cn1)C1CC1. The molecule has 0 aromatic carbocycles. The molecule has 1 amide bonds. The summed E-state index contributed by atoms with van der Waals surface area (Å²) in [5, 5.41) is 9.10. The minimum atomic E-state index is -0.112. The van der Waals surface area contributed by atoms with Gasteiger partial charge in [-0.2, -0.15) is 5.26 Å². The van der Waals surface area contributed by atoms with Gasteiger partial charge in [-0.05, 0) is 25.0 Å². The van der Waals surface area contributed by atoms with Crippen molar-refractivity contribution in [2.45, 2.75) is 25.3 Å². The van der Waals surface area contributed by atoms with Crippen LogP contribution in [0.3, 0.4) is 0 Å². The van der Waals surface area contributed by atoms with E-state index in [0.717, 1.165) is 12.8 Å². The topological polar surface area (TPSA) is 57.0 Å². The van der Waals surface area contributed by atoms with Crippen LogP contribution in [-0.2, 0) is 0 Å². The lowest BCUT2D eigenvalue weighted by molar-refractivity contribution is 0.0741. The number of carbonyl (C=O) groups is 1. The van der Waals surface area contributed by atoms with Crippen molar-refractivity contribution in [1.82, 2.24) is 9.88 Å². The Hall–Kier alpha value is -1.60. The molecule has 17 heavy (non-hydrogen) atoms. The van der Waals surface area contributed by atoms with E-state index in [2.05, 4.69) is 11.1 Å². The van der Waals surface area contributed by atoms with Gasteiger partial charge in [-0.15, -0.1) is 0 Å². The summed E-state index contributed by atoms with van der Waals surface area (Å²) in [4.78, 5) is 17.9. The summed E-state index contributed by atoms with van der Waals surface area (Å²) in [6.45, 7) is 0.476. The number of nitriles is 1. The molecule has 0 N–H and O–H groups in total. The fraction of sp³-hybridized carbons (Fsp3) is 0.417. The van der Waals surface area contributed by atoms with Crippen molar-refractivity contribution in [2.75, 3.05) is 6.54 Å². The second kappa shape index (κ2) is 5.15. The number of hydrogen-bond acceptors (Lipinski definition) is 3. The van der Waals surface area contributed by atoms with E-state index in [1.54, 1.807) is 17.0 Å². The van der Waals surface area contributed by atoms with Crippen molar-refractivity contribution in [3.05, 3.63) is 29.0 Å². The highest BCUT2D eigenvalue weighted by Crippen LogP contribution is 2.28. The Kier molecular flexibility index (Phi) is 3.60. The maximum Gasteiger partial charge on any atom is 0.272 e. The zero-order valence-corrected chi connectivity index (χ0v) is 10.0. The normalized spacial score (nSPS) is 14.1. The van der Waals surface area contributed by atoms with E-state index < -0.39 is 0 Å². The van der Waals surface area contributed by atoms with Gasteiger partial charge in [-0.25, -0.2) is 4.98 Å². The smallest absolute Gasteiger partial charge is 0.272 e. The average molecular weight is 250 g/mol. The van der Waals surface area contributed by atoms with Crippen LogP contribution in [0.2, 0.25) is 5.02 Å². The highest BCUT2D eigenvalue weighted by molar-refractivity contribution is 6.30. The van der Waals surface area contributed by atoms with Gasteiger partial charge in [-0.1, -0.05) is 11.6 Å². The Morgan fingerprint density at radius 3 is 2.88 bits per heavy atom. The van der Waals surface area contributed by atoms with Gasteiger partial charge in [0.15, 0.2) is 0 Å². The minimum absolute atomic E-state index is 0.112. The Labute approximate surface area is 105 Å². The molecule has 1 fully saturated rings. The third-order valence-electron chi connectivity index (χ3n) is 2.66. The molecule has 1 aliphatic rings. The molecule has 5 heteroatoms. The summed E-state index contributed by atoms with van der Waals surface area (Å²) in [6.07, 6.45) is 3.86. The number of halogens is 1. The van der Waals surface area contributed by atoms with E-state index in [9.17, 15) is 4.79 Å². The number of amides is 1. The molecule has 1 aromatic rings. The Morgan fingerprint density at radius 1 is 1.59 bits per heavy atom. The Morgan fingerprint density at radius 2 is 2.35 bits per heavy atom. The fourth-order valence-corrected chi connectivity index (χ4v) is 1.77. The zero-order chi connectivity index (χ0) is 12.3. The van der Waals surface area contributed by atoms with Crippen molar-refractivity contribution in [3.8, 4) is 6.07 Å². The molecule has 1 aliphatic carbocycles. The molecular formula is C12H12ClN3O. The summed E-state index contributed by atoms with van der Waals surface area (Å²) < 4.78 is 0. The van der Waals surface area contributed by atoms with E-state index in [0.29, 0.717) is 23.7 Å². The van der Waals surface area contributed by atoms with Gasteiger partial charge in [0.05, 0.1) is 17.5 Å². The third-order valence-corrected chi connectivity index (χ3v) is 2.88. The van der Waals surface area contributed by atoms with Crippen LogP contribution in [0.5, 0.6) is 0 Å². The molecule has 0 aliphatic heterocycles. The predicted molar refractivity (Wildman–Crippen MR) is 63.5 cm³/mol. The van der Waals surface area contributed by atoms with E-state index in [1.165, 1.54) is 6.20 Å².